The Morgan fingerprint density at radius 2 is 1.54 bits per heavy atom. The fraction of sp³-hybridized carbons (Fsp3) is 0.111. The number of aromatic nitrogens is 2. The van der Waals surface area contributed by atoms with Crippen molar-refractivity contribution in [2.75, 3.05) is 0 Å². The molecular weight excluding hydrogens is 633 g/mol. The van der Waals surface area contributed by atoms with Crippen LogP contribution in [0, 0.1) is 11.6 Å². The molecule has 1 atom stereocenters. The third-order valence-corrected chi connectivity index (χ3v) is 8.15. The minimum atomic E-state index is -4.90. The van der Waals surface area contributed by atoms with E-state index in [0.29, 0.717) is 5.39 Å². The normalized spacial score (nSPS) is 12.3. The van der Waals surface area contributed by atoms with Gasteiger partial charge in [-0.3, -0.25) is 14.6 Å². The molecular formula is C36H24F5N3O4. The van der Waals surface area contributed by atoms with Crippen LogP contribution >= 0.6 is 0 Å². The van der Waals surface area contributed by atoms with E-state index < -0.39 is 64.4 Å². The second-order valence-corrected chi connectivity index (χ2v) is 11.0. The lowest BCUT2D eigenvalue weighted by Crippen LogP contribution is -2.43. The number of pyridine rings is 2. The van der Waals surface area contributed by atoms with E-state index in [0.717, 1.165) is 16.7 Å². The second kappa shape index (κ2) is 12.4. The first-order chi connectivity index (χ1) is 22.9. The molecule has 48 heavy (non-hydrogen) atoms. The van der Waals surface area contributed by atoms with E-state index in [1.807, 2.05) is 0 Å². The Balaban J connectivity index is 1.42. The molecule has 0 aliphatic rings. The summed E-state index contributed by atoms with van der Waals surface area (Å²) in [6, 6.07) is 19.4. The van der Waals surface area contributed by atoms with Gasteiger partial charge in [-0.05, 0) is 52.2 Å². The Morgan fingerprint density at radius 3 is 2.25 bits per heavy atom. The predicted molar refractivity (Wildman–Crippen MR) is 169 cm³/mol. The van der Waals surface area contributed by atoms with Crippen LogP contribution in [0.4, 0.5) is 22.0 Å². The van der Waals surface area contributed by atoms with Gasteiger partial charge in [-0.15, -0.1) is 0 Å². The largest absolute Gasteiger partial charge is 0.480 e. The topological polar surface area (TPSA) is 101 Å². The number of carbonyl (C=O) groups excluding carboxylic acids is 1. The molecule has 7 nitrogen and oxygen atoms in total. The summed E-state index contributed by atoms with van der Waals surface area (Å²) >= 11 is 0. The lowest BCUT2D eigenvalue weighted by atomic mass is 9.90. The van der Waals surface area contributed by atoms with Gasteiger partial charge >= 0.3 is 12.1 Å². The summed E-state index contributed by atoms with van der Waals surface area (Å²) in [6.45, 7) is 0. The van der Waals surface area contributed by atoms with Gasteiger partial charge in [-0.2, -0.15) is 13.2 Å². The third-order valence-electron chi connectivity index (χ3n) is 8.15. The van der Waals surface area contributed by atoms with Crippen LogP contribution in [0.5, 0.6) is 0 Å². The van der Waals surface area contributed by atoms with E-state index in [1.54, 1.807) is 18.2 Å². The summed E-state index contributed by atoms with van der Waals surface area (Å²) in [5, 5.41) is 12.6. The first-order valence-corrected chi connectivity index (χ1v) is 14.5. The zero-order valence-electron chi connectivity index (χ0n) is 25.0. The average Bonchev–Trinajstić information content (AvgIpc) is 3.05. The highest BCUT2D eigenvalue weighted by Crippen LogP contribution is 2.42. The van der Waals surface area contributed by atoms with E-state index in [4.69, 9.17) is 0 Å². The Bertz CT molecular complexity index is 2300. The van der Waals surface area contributed by atoms with Crippen LogP contribution in [0.1, 0.15) is 21.5 Å². The molecule has 2 heterocycles. The summed E-state index contributed by atoms with van der Waals surface area (Å²) in [6.07, 6.45) is -3.93. The van der Waals surface area contributed by atoms with Crippen molar-refractivity contribution in [1.82, 2.24) is 14.9 Å². The minimum absolute atomic E-state index is 0.0283. The first-order valence-electron chi connectivity index (χ1n) is 14.5. The SMILES string of the molecule is Cn1c(=O)c(-c2cccc3c(C[C@H](NC(=O)c4c(F)ccc(-c5ccccn5)c4F)C(=O)O)cccc23)c(C(F)(F)F)c2ccccc21. The van der Waals surface area contributed by atoms with Crippen molar-refractivity contribution in [2.24, 2.45) is 7.05 Å². The molecule has 2 N–H and O–H groups in total. The summed E-state index contributed by atoms with van der Waals surface area (Å²) in [4.78, 5) is 43.1. The van der Waals surface area contributed by atoms with E-state index >= 15 is 4.39 Å². The van der Waals surface area contributed by atoms with Crippen LogP contribution < -0.4 is 10.9 Å². The van der Waals surface area contributed by atoms with Crippen molar-refractivity contribution < 1.29 is 36.6 Å². The second-order valence-electron chi connectivity index (χ2n) is 11.0. The van der Waals surface area contributed by atoms with Crippen LogP contribution in [0.2, 0.25) is 0 Å². The molecule has 2 aromatic heterocycles. The maximum absolute atomic E-state index is 15.4. The summed E-state index contributed by atoms with van der Waals surface area (Å²) in [5.41, 5.74) is -3.26. The number of carbonyl (C=O) groups is 2. The Labute approximate surface area is 268 Å². The highest BCUT2D eigenvalue weighted by Gasteiger charge is 2.38. The van der Waals surface area contributed by atoms with E-state index in [9.17, 15) is 37.1 Å². The number of carboxylic acids is 1. The smallest absolute Gasteiger partial charge is 0.417 e. The molecule has 0 bridgehead atoms. The van der Waals surface area contributed by atoms with Crippen LogP contribution in [0.3, 0.4) is 0 Å². The quantitative estimate of drug-likeness (QED) is 0.178. The molecule has 4 aromatic carbocycles. The van der Waals surface area contributed by atoms with Gasteiger partial charge in [-0.1, -0.05) is 60.7 Å². The molecule has 0 spiro atoms. The molecule has 0 aliphatic carbocycles. The minimum Gasteiger partial charge on any atom is -0.480 e. The lowest BCUT2D eigenvalue weighted by molar-refractivity contribution is -0.139. The molecule has 6 aromatic rings. The number of hydrogen-bond donors (Lipinski definition) is 2. The Morgan fingerprint density at radius 1 is 0.854 bits per heavy atom. The number of carboxylic acid groups (broad SMARTS) is 1. The van der Waals surface area contributed by atoms with Gasteiger partial charge in [0, 0.05) is 30.6 Å². The molecule has 242 valence electrons. The van der Waals surface area contributed by atoms with Crippen molar-refractivity contribution in [1.29, 1.82) is 0 Å². The monoisotopic (exact) mass is 657 g/mol. The molecule has 0 fully saturated rings. The zero-order valence-corrected chi connectivity index (χ0v) is 25.0. The Kier molecular flexibility index (Phi) is 8.25. The first kappa shape index (κ1) is 32.0. The van der Waals surface area contributed by atoms with Crippen LogP contribution in [0.25, 0.3) is 44.1 Å². The molecule has 0 radical (unpaired) electrons. The molecule has 1 amide bonds. The van der Waals surface area contributed by atoms with Crippen molar-refractivity contribution in [2.45, 2.75) is 18.6 Å². The fourth-order valence-electron chi connectivity index (χ4n) is 5.94. The molecule has 0 unspecified atom stereocenters. The van der Waals surface area contributed by atoms with Gasteiger partial charge in [0.2, 0.25) is 0 Å². The molecule has 6 rings (SSSR count). The standard InChI is InChI=1S/C36H24F5N3O4/c1-44-28-14-3-2-9-24(28)31(36(39,40)41)29(34(44)46)22-12-7-10-20-19(8-6-11-21(20)22)18-27(35(47)48)43-33(45)30-25(37)16-15-23(32(30)38)26-13-4-5-17-42-26/h2-17,27H,18H2,1H3,(H,43,45)(H,47,48)/t27-/m0/s1. The number of amides is 1. The van der Waals surface area contributed by atoms with Crippen molar-refractivity contribution in [3.05, 3.63) is 136 Å². The van der Waals surface area contributed by atoms with Crippen LogP contribution in [-0.4, -0.2) is 32.6 Å². The predicted octanol–water partition coefficient (Wildman–Crippen LogP) is 7.14. The molecule has 0 saturated heterocycles. The summed E-state index contributed by atoms with van der Waals surface area (Å²) in [7, 11) is 1.38. The number of fused-ring (bicyclic) bond motifs is 2. The maximum Gasteiger partial charge on any atom is 0.417 e. The lowest BCUT2D eigenvalue weighted by Gasteiger charge is -2.20. The van der Waals surface area contributed by atoms with E-state index in [2.05, 4.69) is 10.3 Å². The van der Waals surface area contributed by atoms with E-state index in [-0.39, 0.29) is 38.7 Å². The third kappa shape index (κ3) is 5.65. The zero-order chi connectivity index (χ0) is 34.3. The van der Waals surface area contributed by atoms with Gasteiger partial charge in [0.25, 0.3) is 11.5 Å². The number of hydrogen-bond acceptors (Lipinski definition) is 4. The number of benzene rings is 4. The average molecular weight is 658 g/mol. The molecule has 0 aliphatic heterocycles. The highest BCUT2D eigenvalue weighted by molar-refractivity contribution is 6.02. The van der Waals surface area contributed by atoms with Gasteiger partial charge < -0.3 is 15.0 Å². The summed E-state index contributed by atoms with van der Waals surface area (Å²) in [5.74, 6) is -5.31. The van der Waals surface area contributed by atoms with Gasteiger partial charge in [-0.25, -0.2) is 13.6 Å². The number of para-hydroxylation sites is 1. The fourth-order valence-corrected chi connectivity index (χ4v) is 5.94. The Hall–Kier alpha value is -5.91. The number of alkyl halides is 3. The number of nitrogens with one attached hydrogen (secondary N) is 1. The van der Waals surface area contributed by atoms with Gasteiger partial charge in [0.05, 0.1) is 22.3 Å². The molecule has 12 heteroatoms. The van der Waals surface area contributed by atoms with Crippen molar-refractivity contribution in [3.8, 4) is 22.4 Å². The van der Waals surface area contributed by atoms with Gasteiger partial charge in [0.1, 0.15) is 23.2 Å². The van der Waals surface area contributed by atoms with Crippen LogP contribution in [0.15, 0.2) is 102 Å². The van der Waals surface area contributed by atoms with Crippen LogP contribution in [-0.2, 0) is 24.4 Å². The highest BCUT2D eigenvalue weighted by atomic mass is 19.4. The van der Waals surface area contributed by atoms with Crippen molar-refractivity contribution in [3.63, 3.8) is 0 Å². The van der Waals surface area contributed by atoms with Crippen molar-refractivity contribution >= 4 is 33.6 Å². The van der Waals surface area contributed by atoms with Gasteiger partial charge in [0.15, 0.2) is 0 Å². The maximum atomic E-state index is 15.4. The van der Waals surface area contributed by atoms with E-state index in [1.165, 1.54) is 73.9 Å². The number of nitrogens with zero attached hydrogens (tertiary/aromatic N) is 2. The number of aliphatic carboxylic acids is 1. The number of halogens is 5. The number of aryl methyl sites for hydroxylation is 1. The summed E-state index contributed by atoms with van der Waals surface area (Å²) < 4.78 is 75.3. The number of rotatable bonds is 7. The molecule has 0 saturated carbocycles.